The monoisotopic (exact) mass is 1600 g/mol. The van der Waals surface area contributed by atoms with E-state index in [-0.39, 0.29) is 0 Å². The molecule has 0 saturated carbocycles. The lowest BCUT2D eigenvalue weighted by atomic mass is 9.90. The topological polar surface area (TPSA) is 29.6 Å². The third-order valence-electron chi connectivity index (χ3n) is 27.3. The van der Waals surface area contributed by atoms with Gasteiger partial charge in [-0.25, -0.2) is 0 Å². The fraction of sp³-hybridized carbons (Fsp3) is 0. The van der Waals surface area contributed by atoms with E-state index in [2.05, 4.69) is 477 Å². The molecule has 126 heavy (non-hydrogen) atoms. The van der Waals surface area contributed by atoms with E-state index in [4.69, 9.17) is 0 Å². The third kappa shape index (κ3) is 10.4. The van der Waals surface area contributed by atoms with Crippen LogP contribution in [0, 0.1) is 0 Å². The van der Waals surface area contributed by atoms with Crippen LogP contribution in [-0.2, 0) is 0 Å². The van der Waals surface area contributed by atoms with E-state index >= 15 is 0 Å². The van der Waals surface area contributed by atoms with Crippen LogP contribution < -0.4 is 0 Å². The lowest BCUT2D eigenvalue weighted by molar-refractivity contribution is 1.13. The first kappa shape index (κ1) is 69.9. The minimum Gasteiger partial charge on any atom is -0.316 e. The number of aromatic nitrogens is 6. The predicted molar refractivity (Wildman–Crippen MR) is 535 cm³/mol. The molecule has 0 fully saturated rings. The molecule has 6 aromatic heterocycles. The SMILES string of the molecule is c1ccc(-n2c3ccccc3c3ccc4c(ccn4-c4ccc(-c5ccc6ccc7cccc8ccc5c6c78)cc4)c32)cc1.c1ccc(-n2c3ccccc3c3ccc4c(ccn4-c4ccc5ccc6cccc7ccc4c5c67)c32)cc1.c1ccc(-n2c3ccccc3c3ccc4c(ccn4-c4cccc(-c5ccc6ccc7cccc8ccc5c6c78)c4)c32)cc1. The van der Waals surface area contributed by atoms with Crippen molar-refractivity contribution in [2.45, 2.75) is 0 Å². The average Bonchev–Trinajstić information content (AvgIpc) is 1.42. The first-order valence-corrected chi connectivity index (χ1v) is 43.5. The molecule has 0 spiro atoms. The number of hydrogen-bond donors (Lipinski definition) is 0. The number of hydrogen-bond acceptors (Lipinski definition) is 0. The Morgan fingerprint density at radius 2 is 0.452 bits per heavy atom. The number of nitrogens with zero attached hydrogens (tertiary/aromatic N) is 6. The summed E-state index contributed by atoms with van der Waals surface area (Å²) in [5, 5.41) is 35.1. The largest absolute Gasteiger partial charge is 0.316 e. The summed E-state index contributed by atoms with van der Waals surface area (Å²) in [5.41, 5.74) is 23.1. The van der Waals surface area contributed by atoms with Gasteiger partial charge < -0.3 is 27.4 Å². The molecule has 6 heteroatoms. The van der Waals surface area contributed by atoms with Crippen molar-refractivity contribution >= 4 is 195 Å². The highest BCUT2D eigenvalue weighted by atomic mass is 15.0. The van der Waals surface area contributed by atoms with E-state index < -0.39 is 0 Å². The molecular formula is C120H74N6. The van der Waals surface area contributed by atoms with Crippen LogP contribution in [0.3, 0.4) is 0 Å². The van der Waals surface area contributed by atoms with Gasteiger partial charge in [0.1, 0.15) is 0 Å². The Bertz CT molecular complexity index is 9420. The summed E-state index contributed by atoms with van der Waals surface area (Å²) >= 11 is 0. The lowest BCUT2D eigenvalue weighted by Gasteiger charge is -2.15. The maximum absolute atomic E-state index is 2.42. The van der Waals surface area contributed by atoms with Crippen molar-refractivity contribution in [3.05, 3.63) is 449 Å². The minimum absolute atomic E-state index is 1.16. The highest BCUT2D eigenvalue weighted by molar-refractivity contribution is 6.29. The van der Waals surface area contributed by atoms with Crippen molar-refractivity contribution < 1.29 is 0 Å². The van der Waals surface area contributed by atoms with E-state index in [0.717, 1.165) is 11.4 Å². The van der Waals surface area contributed by atoms with Gasteiger partial charge in [0.2, 0.25) is 0 Å². The zero-order chi connectivity index (χ0) is 82.3. The van der Waals surface area contributed by atoms with Crippen LogP contribution in [-0.4, -0.2) is 27.4 Å². The second-order valence-corrected chi connectivity index (χ2v) is 33.8. The van der Waals surface area contributed by atoms with Crippen molar-refractivity contribution in [3.8, 4) is 56.4 Å². The molecule has 29 rings (SSSR count). The van der Waals surface area contributed by atoms with Gasteiger partial charge in [0.15, 0.2) is 0 Å². The van der Waals surface area contributed by atoms with Crippen molar-refractivity contribution in [3.63, 3.8) is 0 Å². The average molecular weight is 1600 g/mol. The highest BCUT2D eigenvalue weighted by Gasteiger charge is 2.24. The van der Waals surface area contributed by atoms with E-state index in [0.29, 0.717) is 0 Å². The number of rotatable bonds is 8. The summed E-state index contributed by atoms with van der Waals surface area (Å²) in [6, 6.07) is 158. The van der Waals surface area contributed by atoms with Gasteiger partial charge in [-0.2, -0.15) is 0 Å². The Morgan fingerprint density at radius 3 is 0.881 bits per heavy atom. The number of benzene rings is 23. The molecule has 0 atom stereocenters. The molecule has 0 aliphatic rings. The molecule has 23 aromatic carbocycles. The fourth-order valence-corrected chi connectivity index (χ4v) is 21.8. The Morgan fingerprint density at radius 1 is 0.143 bits per heavy atom. The first-order valence-electron chi connectivity index (χ1n) is 43.5. The molecule has 584 valence electrons. The predicted octanol–water partition coefficient (Wildman–Crippen LogP) is 32.2. The molecule has 0 radical (unpaired) electrons. The van der Waals surface area contributed by atoms with Gasteiger partial charge in [-0.1, -0.05) is 309 Å². The Hall–Kier alpha value is -16.8. The van der Waals surface area contributed by atoms with Crippen LogP contribution in [0.2, 0.25) is 0 Å². The highest BCUT2D eigenvalue weighted by Crippen LogP contribution is 2.47. The van der Waals surface area contributed by atoms with Gasteiger partial charge in [0.25, 0.3) is 0 Å². The van der Waals surface area contributed by atoms with Gasteiger partial charge in [0, 0.05) is 101 Å². The van der Waals surface area contributed by atoms with Crippen molar-refractivity contribution in [2.24, 2.45) is 0 Å². The smallest absolute Gasteiger partial charge is 0.0635 e. The van der Waals surface area contributed by atoms with Gasteiger partial charge in [-0.15, -0.1) is 0 Å². The molecule has 0 N–H and O–H groups in total. The van der Waals surface area contributed by atoms with Crippen LogP contribution in [0.4, 0.5) is 0 Å². The van der Waals surface area contributed by atoms with Crippen LogP contribution in [0.25, 0.3) is 251 Å². The Balaban J connectivity index is 0.0000000986. The molecule has 0 unspecified atom stereocenters. The molecule has 6 nitrogen and oxygen atoms in total. The number of para-hydroxylation sites is 6. The maximum atomic E-state index is 2.42. The van der Waals surface area contributed by atoms with Gasteiger partial charge >= 0.3 is 0 Å². The van der Waals surface area contributed by atoms with Crippen molar-refractivity contribution in [1.29, 1.82) is 0 Å². The number of fused-ring (bicyclic) bond motifs is 15. The summed E-state index contributed by atoms with van der Waals surface area (Å²) in [4.78, 5) is 0. The van der Waals surface area contributed by atoms with Crippen LogP contribution in [0.15, 0.2) is 449 Å². The molecule has 0 aliphatic carbocycles. The molecule has 6 heterocycles. The first-order chi connectivity index (χ1) is 62.5. The van der Waals surface area contributed by atoms with E-state index in [1.54, 1.807) is 0 Å². The summed E-state index contributed by atoms with van der Waals surface area (Å²) < 4.78 is 14.3. The summed E-state index contributed by atoms with van der Waals surface area (Å²) in [5.74, 6) is 0. The summed E-state index contributed by atoms with van der Waals surface area (Å²) in [6.45, 7) is 0. The van der Waals surface area contributed by atoms with Gasteiger partial charge in [-0.3, -0.25) is 0 Å². The van der Waals surface area contributed by atoms with Gasteiger partial charge in [-0.05, 0) is 235 Å². The summed E-state index contributed by atoms with van der Waals surface area (Å²) in [6.07, 6.45) is 6.67. The second-order valence-electron chi connectivity index (χ2n) is 33.8. The van der Waals surface area contributed by atoms with Crippen LogP contribution in [0.1, 0.15) is 0 Å². The van der Waals surface area contributed by atoms with E-state index in [1.165, 1.54) is 240 Å². The zero-order valence-electron chi connectivity index (χ0n) is 68.4. The van der Waals surface area contributed by atoms with Crippen LogP contribution >= 0.6 is 0 Å². The summed E-state index contributed by atoms with van der Waals surface area (Å²) in [7, 11) is 0. The van der Waals surface area contributed by atoms with Crippen LogP contribution in [0.5, 0.6) is 0 Å². The quantitative estimate of drug-likeness (QED) is 0.136. The van der Waals surface area contributed by atoms with Crippen molar-refractivity contribution in [1.82, 2.24) is 27.4 Å². The lowest BCUT2D eigenvalue weighted by Crippen LogP contribution is -1.96. The molecular weight excluding hydrogens is 1530 g/mol. The molecule has 0 bridgehead atoms. The minimum atomic E-state index is 1.16. The zero-order valence-corrected chi connectivity index (χ0v) is 68.4. The Labute approximate surface area is 723 Å². The molecule has 0 aliphatic heterocycles. The maximum Gasteiger partial charge on any atom is 0.0635 e. The van der Waals surface area contributed by atoms with E-state index in [9.17, 15) is 0 Å². The van der Waals surface area contributed by atoms with Crippen molar-refractivity contribution in [2.75, 3.05) is 0 Å². The van der Waals surface area contributed by atoms with Gasteiger partial charge in [0.05, 0.1) is 55.3 Å². The second kappa shape index (κ2) is 27.4. The Kier molecular flexibility index (Phi) is 15.2. The molecule has 0 amide bonds. The standard InChI is InChI=1S/2C42H26N2.C36H22N2/c1-2-11-31(12-3-1)44-39-15-5-4-14-34(39)36-22-23-38-37(42(36)44)24-25-43(38)32-13-7-10-30(26-32)33-20-18-29-17-16-27-8-6-9-28-19-21-35(33)41(29)40(27)28;1-2-9-32(10-3-1)44-39-12-5-4-11-34(39)36-23-24-38-37(42(36)44)25-26-43(38)31-19-15-27(16-20-31)33-21-17-30-14-13-28-7-6-8-29-18-22-35(33)41(30)40(28)29;1-2-9-26(10-3-1)38-33-12-5-4-11-27(33)28-18-20-32-30(36(28)38)21-22-37(32)31-19-16-25-14-13-23-7-6-8-24-15-17-29(31)35(25)34(23)24/h2*1-26H;1-22H. The molecule has 0 saturated heterocycles. The van der Waals surface area contributed by atoms with E-state index in [1.807, 2.05) is 0 Å². The molecule has 29 aromatic rings. The fourth-order valence-electron chi connectivity index (χ4n) is 21.8. The normalized spacial score (nSPS) is 12.1. The third-order valence-corrected chi connectivity index (χ3v) is 27.3.